The number of carbonyl (C=O) groups excluding carboxylic acids is 2. The molecule has 1 N–H and O–H groups in total. The number of amides is 2. The van der Waals surface area contributed by atoms with Gasteiger partial charge in [-0.1, -0.05) is 60.7 Å². The second kappa shape index (κ2) is 31.8. The van der Waals surface area contributed by atoms with Crippen molar-refractivity contribution in [2.24, 2.45) is 16.1 Å². The second-order valence-corrected chi connectivity index (χ2v) is 24.3. The smallest absolute Gasteiger partial charge is 0.254 e. The molecule has 0 aromatic heterocycles. The van der Waals surface area contributed by atoms with E-state index in [1.54, 1.807) is 40.6 Å². The van der Waals surface area contributed by atoms with E-state index < -0.39 is 0 Å². The van der Waals surface area contributed by atoms with Crippen molar-refractivity contribution in [3.63, 3.8) is 0 Å². The lowest BCUT2D eigenvalue weighted by atomic mass is 9.89. The Morgan fingerprint density at radius 1 is 0.531 bits per heavy atom. The maximum Gasteiger partial charge on any atom is 0.254 e. The van der Waals surface area contributed by atoms with Crippen molar-refractivity contribution in [3.05, 3.63) is 184 Å². The molecule has 12 rings (SSSR count). The van der Waals surface area contributed by atoms with Gasteiger partial charge in [-0.25, -0.2) is 9.15 Å². The van der Waals surface area contributed by atoms with Crippen molar-refractivity contribution in [1.29, 1.82) is 0 Å². The first-order chi connectivity index (χ1) is 46.3. The van der Waals surface area contributed by atoms with E-state index in [0.29, 0.717) is 71.3 Å². The Bertz CT molecular complexity index is 4500. The van der Waals surface area contributed by atoms with Crippen LogP contribution in [0.4, 0.5) is 11.4 Å². The number of fused-ring (bicyclic) bond motifs is 4. The van der Waals surface area contributed by atoms with Gasteiger partial charge in [0.15, 0.2) is 17.2 Å². The number of benzene rings is 8. The number of nitrogens with one attached hydrogen (secondary N) is 1. The van der Waals surface area contributed by atoms with Crippen molar-refractivity contribution >= 4 is 45.1 Å². The lowest BCUT2D eigenvalue weighted by molar-refractivity contribution is -0.0000413. The molecule has 6 aromatic rings. The molecule has 6 aliphatic rings. The van der Waals surface area contributed by atoms with Crippen LogP contribution < -0.4 is 61.3 Å². The van der Waals surface area contributed by atoms with Crippen LogP contribution in [0.25, 0.3) is 66.8 Å². The fraction of sp³-hybridized carbons (Fsp3) is 0.342. The van der Waals surface area contributed by atoms with Gasteiger partial charge in [-0.05, 0) is 151 Å². The lowest BCUT2D eigenvalue weighted by Gasteiger charge is -2.32. The van der Waals surface area contributed by atoms with Gasteiger partial charge >= 0.3 is 0 Å². The highest BCUT2D eigenvalue weighted by Gasteiger charge is 2.30. The number of carbonyl (C=O) groups is 2. The lowest BCUT2D eigenvalue weighted by Crippen LogP contribution is -3.00. The topological polar surface area (TPSA) is 156 Å². The van der Waals surface area contributed by atoms with E-state index in [1.807, 2.05) is 65.3 Å². The Hall–Kier alpha value is -9.51. The number of piperazine rings is 1. The van der Waals surface area contributed by atoms with E-state index in [4.69, 9.17) is 32.5 Å². The third-order valence-electron chi connectivity index (χ3n) is 18.6. The van der Waals surface area contributed by atoms with Gasteiger partial charge in [-0.15, -0.1) is 5.11 Å². The summed E-state index contributed by atoms with van der Waals surface area (Å²) in [6, 6.07) is 48.8. The van der Waals surface area contributed by atoms with E-state index in [2.05, 4.69) is 151 Å². The van der Waals surface area contributed by atoms with Crippen molar-refractivity contribution in [2.45, 2.75) is 74.1 Å². The van der Waals surface area contributed by atoms with Gasteiger partial charge in [0.05, 0.1) is 52.9 Å². The number of halogens is 1. The molecule has 0 bridgehead atoms. The summed E-state index contributed by atoms with van der Waals surface area (Å²) in [4.78, 5) is 32.0. The Morgan fingerprint density at radius 2 is 1.02 bits per heavy atom. The van der Waals surface area contributed by atoms with Gasteiger partial charge < -0.3 is 60.0 Å². The van der Waals surface area contributed by atoms with E-state index in [-0.39, 0.29) is 24.2 Å². The summed E-state index contributed by atoms with van der Waals surface area (Å²) in [7, 11) is 6.33. The highest BCUT2D eigenvalue weighted by atomic mass is 35.5. The predicted octanol–water partition coefficient (Wildman–Crippen LogP) is 12.2. The van der Waals surface area contributed by atoms with Gasteiger partial charge in [0, 0.05) is 113 Å². The fourth-order valence-corrected chi connectivity index (χ4v) is 13.5. The first kappa shape index (κ1) is 69.3. The van der Waals surface area contributed by atoms with Crippen LogP contribution in [-0.2, 0) is 0 Å². The number of piperidine rings is 1. The first-order valence-corrected chi connectivity index (χ1v) is 33.4. The van der Waals surface area contributed by atoms with Crippen LogP contribution in [0.15, 0.2) is 165 Å². The zero-order chi connectivity index (χ0) is 66.7. The van der Waals surface area contributed by atoms with E-state index in [1.165, 1.54) is 0 Å². The number of methoxy groups -OCH3 is 4. The van der Waals surface area contributed by atoms with Crippen LogP contribution in [0.5, 0.6) is 28.7 Å². The standard InChI is InChI=1S/C50H57N4O7.C29H32N3O2.ClH/c1-9-53(10-2)36-18-20-40-44(31-36)61-43-28-32(3)17-19-39(43)47(40)37-15-11-12-16-38(37)50(55)54-25-23-34(24-26-54)14-13-27-60-48-33(4)42(56-5)22-21-41(48)52-51-35-29-45(57-6)49(59-8)46(30-35)58-7;1-4-31(5-2)21-11-13-25-27(19-21)34-26-18-20(3)10-12-24(26)28(25)22-8-6-7-9-23(22)29(33)32-16-14-30-15-17-32;/h11-12,15-22,28-31,34H,9-10,13-14,23-27H2,1-8H3;6-13,18-19,30H,4-5,14-17H2,1-3H3;1H/q2*+1;/p-1. The van der Waals surface area contributed by atoms with Crippen LogP contribution >= 0.6 is 0 Å². The van der Waals surface area contributed by atoms with Crippen molar-refractivity contribution in [3.8, 4) is 73.6 Å². The maximum atomic E-state index is 14.4. The van der Waals surface area contributed by atoms with Crippen molar-refractivity contribution in [2.75, 3.05) is 100 Å². The Labute approximate surface area is 569 Å². The van der Waals surface area contributed by atoms with Gasteiger partial charge in [0.25, 0.3) is 11.8 Å². The number of hydrogen-bond acceptors (Lipinski definition) is 12. The number of hydrogen-bond donors (Lipinski definition) is 1. The summed E-state index contributed by atoms with van der Waals surface area (Å²) in [5.41, 5.74) is 13.3. The molecular formula is C79H89ClN7O9+. The number of rotatable bonds is 19. The molecular weight excluding hydrogens is 1230 g/mol. The van der Waals surface area contributed by atoms with Gasteiger partial charge in [-0.2, -0.15) is 5.11 Å². The fourth-order valence-electron chi connectivity index (χ4n) is 13.5. The third kappa shape index (κ3) is 14.8. The normalized spacial score (nSPS) is 13.4. The minimum atomic E-state index is 0. The summed E-state index contributed by atoms with van der Waals surface area (Å²) in [5, 5.41) is 16.7. The number of likely N-dealkylation sites (tertiary alicyclic amines) is 1. The third-order valence-corrected chi connectivity index (χ3v) is 18.6. The van der Waals surface area contributed by atoms with Crippen LogP contribution in [0, 0.1) is 26.7 Å². The number of nitrogens with zero attached hydrogens (tertiary/aromatic N) is 6. The summed E-state index contributed by atoms with van der Waals surface area (Å²) in [6.45, 7) is 23.5. The molecule has 2 fully saturated rings. The molecule has 4 heterocycles. The number of azo groups is 1. The Kier molecular flexibility index (Phi) is 23.0. The predicted molar refractivity (Wildman–Crippen MR) is 379 cm³/mol. The molecule has 2 amide bonds. The summed E-state index contributed by atoms with van der Waals surface area (Å²) in [6.07, 6.45) is 3.72. The maximum absolute atomic E-state index is 14.4. The quantitative estimate of drug-likeness (QED) is 0.0358. The molecule has 16 nitrogen and oxygen atoms in total. The largest absolute Gasteiger partial charge is 1.00 e. The minimum Gasteiger partial charge on any atom is -1.00 e. The molecule has 500 valence electrons. The van der Waals surface area contributed by atoms with E-state index in [9.17, 15) is 9.59 Å². The molecule has 0 spiro atoms. The molecule has 6 aromatic carbocycles. The summed E-state index contributed by atoms with van der Waals surface area (Å²) in [5.74, 6) is 5.08. The molecule has 2 saturated heterocycles. The monoisotopic (exact) mass is 1310 g/mol. The van der Waals surface area contributed by atoms with Gasteiger partial charge in [0.1, 0.15) is 60.3 Å². The van der Waals surface area contributed by atoms with Crippen LogP contribution in [0.1, 0.15) is 90.8 Å². The van der Waals surface area contributed by atoms with Gasteiger partial charge in [0.2, 0.25) is 16.5 Å². The minimum absolute atomic E-state index is 0. The first-order valence-electron chi connectivity index (χ1n) is 33.4. The molecule has 0 atom stereocenters. The number of ether oxygens (including phenoxy) is 5. The molecule has 0 unspecified atom stereocenters. The van der Waals surface area contributed by atoms with E-state index in [0.717, 1.165) is 178 Å². The van der Waals surface area contributed by atoms with E-state index >= 15 is 0 Å². The van der Waals surface area contributed by atoms with Gasteiger partial charge in [-0.3, -0.25) is 9.59 Å². The molecule has 0 saturated carbocycles. The molecule has 2 aliphatic carbocycles. The molecule has 17 heteroatoms. The van der Waals surface area contributed by atoms with Crippen molar-refractivity contribution in [1.82, 2.24) is 24.3 Å². The molecule has 96 heavy (non-hydrogen) atoms. The average molecular weight is 1320 g/mol. The summed E-state index contributed by atoms with van der Waals surface area (Å²) >= 11 is 0. The van der Waals surface area contributed by atoms with Crippen LogP contribution in [-0.4, -0.2) is 122 Å². The van der Waals surface area contributed by atoms with Crippen LogP contribution in [0.2, 0.25) is 0 Å². The average Bonchev–Trinajstić information content (AvgIpc) is 0.753. The zero-order valence-corrected chi connectivity index (χ0v) is 58.0. The Balaban J connectivity index is 0.000000241. The highest BCUT2D eigenvalue weighted by molar-refractivity contribution is 6.10. The second-order valence-electron chi connectivity index (χ2n) is 24.3. The Morgan fingerprint density at radius 3 is 1.50 bits per heavy atom. The highest BCUT2D eigenvalue weighted by Crippen LogP contribution is 2.46. The molecule has 4 aliphatic heterocycles. The SMILES string of the molecule is CC[N+](CC)=c1ccc2c(-c3ccccc3C(=O)N3CCC(CCCOc4c(N=Nc5cc(OC)c(OC)c(OC)c5)ccc(OC)c4C)CC3)c3ccc(C)cc3oc-2c1.CC[N+](CC)=c1ccc2c(-c3ccccc3C(=O)N3CCNCC3)c3ccc(C)cc3oc-2c1.[Cl-]. The zero-order valence-electron chi connectivity index (χ0n) is 57.3. The van der Waals surface area contributed by atoms with Crippen LogP contribution in [0.3, 0.4) is 0 Å². The summed E-state index contributed by atoms with van der Waals surface area (Å²) < 4.78 is 46.1. The number of aryl methyl sites for hydroxylation is 2. The molecule has 0 radical (unpaired) electrons. The van der Waals surface area contributed by atoms with Crippen molar-refractivity contribution < 1.29 is 54.5 Å².